The second kappa shape index (κ2) is 6.05. The summed E-state index contributed by atoms with van der Waals surface area (Å²) in [5.41, 5.74) is 0. The van der Waals surface area contributed by atoms with Crippen LogP contribution >= 0.6 is 0 Å². The molecule has 3 amide bonds. The first-order valence-electron chi connectivity index (χ1n) is 6.02. The van der Waals surface area contributed by atoms with Crippen molar-refractivity contribution in [2.45, 2.75) is 12.8 Å². The Hall–Kier alpha value is -2.04. The minimum atomic E-state index is -0.300. The SMILES string of the molecule is O=C1CCN(CCCOc2ccccc2)C(=O)N1. The lowest BCUT2D eigenvalue weighted by Gasteiger charge is -2.26. The van der Waals surface area contributed by atoms with Gasteiger partial charge in [0, 0.05) is 19.5 Å². The number of benzene rings is 1. The molecule has 1 N–H and O–H groups in total. The predicted molar refractivity (Wildman–Crippen MR) is 66.3 cm³/mol. The summed E-state index contributed by atoms with van der Waals surface area (Å²) in [5, 5.41) is 2.30. The third-order valence-electron chi connectivity index (χ3n) is 2.73. The van der Waals surface area contributed by atoms with Crippen LogP contribution in [-0.4, -0.2) is 36.5 Å². The number of para-hydroxylation sites is 1. The maximum absolute atomic E-state index is 11.4. The van der Waals surface area contributed by atoms with E-state index in [0.29, 0.717) is 26.1 Å². The zero-order chi connectivity index (χ0) is 12.8. The van der Waals surface area contributed by atoms with Crippen molar-refractivity contribution in [2.75, 3.05) is 19.7 Å². The van der Waals surface area contributed by atoms with E-state index in [9.17, 15) is 9.59 Å². The molecule has 1 aliphatic rings. The largest absolute Gasteiger partial charge is 0.494 e. The van der Waals surface area contributed by atoms with E-state index in [-0.39, 0.29) is 11.9 Å². The summed E-state index contributed by atoms with van der Waals surface area (Å²) < 4.78 is 5.53. The summed E-state index contributed by atoms with van der Waals surface area (Å²) in [5.74, 6) is 0.632. The second-order valence-electron chi connectivity index (χ2n) is 4.11. The third kappa shape index (κ3) is 3.48. The number of imide groups is 1. The molecule has 0 spiro atoms. The van der Waals surface area contributed by atoms with E-state index in [2.05, 4.69) is 5.32 Å². The number of urea groups is 1. The molecular weight excluding hydrogens is 232 g/mol. The van der Waals surface area contributed by atoms with Crippen molar-refractivity contribution in [1.29, 1.82) is 0 Å². The molecule has 0 atom stereocenters. The van der Waals surface area contributed by atoms with Gasteiger partial charge in [0.15, 0.2) is 0 Å². The van der Waals surface area contributed by atoms with Gasteiger partial charge in [0.2, 0.25) is 5.91 Å². The molecule has 1 aromatic rings. The highest BCUT2D eigenvalue weighted by Gasteiger charge is 2.21. The normalized spacial score (nSPS) is 15.4. The molecule has 2 rings (SSSR count). The van der Waals surface area contributed by atoms with Crippen molar-refractivity contribution >= 4 is 11.9 Å². The summed E-state index contributed by atoms with van der Waals surface area (Å²) >= 11 is 0. The van der Waals surface area contributed by atoms with Crippen LogP contribution in [0.4, 0.5) is 4.79 Å². The molecule has 5 heteroatoms. The van der Waals surface area contributed by atoms with Crippen LogP contribution in [0.25, 0.3) is 0 Å². The van der Waals surface area contributed by atoms with E-state index in [1.165, 1.54) is 0 Å². The molecule has 1 heterocycles. The molecule has 1 aromatic carbocycles. The Morgan fingerprint density at radius 2 is 2.00 bits per heavy atom. The zero-order valence-electron chi connectivity index (χ0n) is 10.1. The Kier molecular flexibility index (Phi) is 4.17. The minimum Gasteiger partial charge on any atom is -0.494 e. The fourth-order valence-corrected chi connectivity index (χ4v) is 1.77. The molecule has 18 heavy (non-hydrogen) atoms. The number of carbonyl (C=O) groups excluding carboxylic acids is 2. The molecule has 0 radical (unpaired) electrons. The summed E-state index contributed by atoms with van der Waals surface area (Å²) in [4.78, 5) is 24.0. The van der Waals surface area contributed by atoms with Gasteiger partial charge in [-0.2, -0.15) is 0 Å². The molecule has 1 saturated heterocycles. The number of hydrogen-bond donors (Lipinski definition) is 1. The van der Waals surface area contributed by atoms with Crippen LogP contribution in [0, 0.1) is 0 Å². The zero-order valence-corrected chi connectivity index (χ0v) is 10.1. The van der Waals surface area contributed by atoms with Crippen LogP contribution in [0.2, 0.25) is 0 Å². The maximum Gasteiger partial charge on any atom is 0.324 e. The van der Waals surface area contributed by atoms with Crippen molar-refractivity contribution in [2.24, 2.45) is 0 Å². The second-order valence-corrected chi connectivity index (χ2v) is 4.11. The summed E-state index contributed by atoms with van der Waals surface area (Å²) in [7, 11) is 0. The van der Waals surface area contributed by atoms with Gasteiger partial charge in [-0.15, -0.1) is 0 Å². The first-order valence-corrected chi connectivity index (χ1v) is 6.02. The predicted octanol–water partition coefficient (Wildman–Crippen LogP) is 1.40. The van der Waals surface area contributed by atoms with Crippen LogP contribution in [0.15, 0.2) is 30.3 Å². The maximum atomic E-state index is 11.4. The number of nitrogens with one attached hydrogen (secondary N) is 1. The lowest BCUT2D eigenvalue weighted by molar-refractivity contribution is -0.121. The van der Waals surface area contributed by atoms with Gasteiger partial charge in [-0.1, -0.05) is 18.2 Å². The van der Waals surface area contributed by atoms with Crippen molar-refractivity contribution in [3.63, 3.8) is 0 Å². The Morgan fingerprint density at radius 1 is 1.22 bits per heavy atom. The van der Waals surface area contributed by atoms with E-state index in [1.807, 2.05) is 30.3 Å². The smallest absolute Gasteiger partial charge is 0.324 e. The number of amides is 3. The molecule has 0 saturated carbocycles. The highest BCUT2D eigenvalue weighted by Crippen LogP contribution is 2.09. The number of carbonyl (C=O) groups is 2. The van der Waals surface area contributed by atoms with Gasteiger partial charge < -0.3 is 9.64 Å². The molecule has 96 valence electrons. The highest BCUT2D eigenvalue weighted by atomic mass is 16.5. The minimum absolute atomic E-state index is 0.197. The van der Waals surface area contributed by atoms with Gasteiger partial charge in [-0.05, 0) is 18.6 Å². The number of nitrogens with zero attached hydrogens (tertiary/aromatic N) is 1. The molecular formula is C13H16N2O3. The highest BCUT2D eigenvalue weighted by molar-refractivity contribution is 5.96. The Balaban J connectivity index is 1.67. The molecule has 0 aliphatic carbocycles. The summed E-state index contributed by atoms with van der Waals surface area (Å²) in [6, 6.07) is 9.25. The molecule has 1 aliphatic heterocycles. The van der Waals surface area contributed by atoms with Gasteiger partial charge in [0.1, 0.15) is 5.75 Å². The van der Waals surface area contributed by atoms with E-state index in [0.717, 1.165) is 12.2 Å². The molecule has 0 aromatic heterocycles. The van der Waals surface area contributed by atoms with Crippen LogP contribution in [-0.2, 0) is 4.79 Å². The van der Waals surface area contributed by atoms with Crippen molar-refractivity contribution in [3.05, 3.63) is 30.3 Å². The van der Waals surface area contributed by atoms with Gasteiger partial charge in [0.05, 0.1) is 6.61 Å². The lowest BCUT2D eigenvalue weighted by atomic mass is 10.3. The standard InChI is InChI=1S/C13H16N2O3/c16-12-7-9-15(13(17)14-12)8-4-10-18-11-5-2-1-3-6-11/h1-3,5-6H,4,7-10H2,(H,14,16,17). The molecule has 1 fully saturated rings. The summed E-state index contributed by atoms with van der Waals surface area (Å²) in [6.07, 6.45) is 1.13. The average Bonchev–Trinajstić information content (AvgIpc) is 2.38. The van der Waals surface area contributed by atoms with Crippen molar-refractivity contribution in [1.82, 2.24) is 10.2 Å². The Bertz CT molecular complexity index is 420. The monoisotopic (exact) mass is 248 g/mol. The summed E-state index contributed by atoms with van der Waals surface area (Å²) in [6.45, 7) is 1.66. The van der Waals surface area contributed by atoms with Crippen molar-refractivity contribution < 1.29 is 14.3 Å². The number of hydrogen-bond acceptors (Lipinski definition) is 3. The van der Waals surface area contributed by atoms with Crippen LogP contribution in [0.1, 0.15) is 12.8 Å². The van der Waals surface area contributed by atoms with E-state index in [4.69, 9.17) is 4.74 Å². The third-order valence-corrected chi connectivity index (χ3v) is 2.73. The fourth-order valence-electron chi connectivity index (χ4n) is 1.77. The average molecular weight is 248 g/mol. The van der Waals surface area contributed by atoms with Gasteiger partial charge in [-0.25, -0.2) is 4.79 Å². The fraction of sp³-hybridized carbons (Fsp3) is 0.385. The van der Waals surface area contributed by atoms with E-state index < -0.39 is 0 Å². The Labute approximate surface area is 106 Å². The number of rotatable bonds is 5. The molecule has 5 nitrogen and oxygen atoms in total. The molecule has 0 bridgehead atoms. The van der Waals surface area contributed by atoms with E-state index in [1.54, 1.807) is 4.90 Å². The van der Waals surface area contributed by atoms with Crippen LogP contribution < -0.4 is 10.1 Å². The van der Waals surface area contributed by atoms with Crippen molar-refractivity contribution in [3.8, 4) is 5.75 Å². The first kappa shape index (κ1) is 12.4. The topological polar surface area (TPSA) is 58.6 Å². The van der Waals surface area contributed by atoms with Crippen LogP contribution in [0.3, 0.4) is 0 Å². The van der Waals surface area contributed by atoms with Gasteiger partial charge in [0.25, 0.3) is 0 Å². The molecule has 0 unspecified atom stereocenters. The Morgan fingerprint density at radius 3 is 2.72 bits per heavy atom. The first-order chi connectivity index (χ1) is 8.75. The van der Waals surface area contributed by atoms with Gasteiger partial charge >= 0.3 is 6.03 Å². The van der Waals surface area contributed by atoms with E-state index >= 15 is 0 Å². The lowest BCUT2D eigenvalue weighted by Crippen LogP contribution is -2.49. The van der Waals surface area contributed by atoms with Gasteiger partial charge in [-0.3, -0.25) is 10.1 Å². The quantitative estimate of drug-likeness (QED) is 0.801. The number of ether oxygens (including phenoxy) is 1. The van der Waals surface area contributed by atoms with Crippen LogP contribution in [0.5, 0.6) is 5.75 Å².